The lowest BCUT2D eigenvalue weighted by molar-refractivity contribution is -0.122. The summed E-state index contributed by atoms with van der Waals surface area (Å²) in [5.74, 6) is 0.144. The van der Waals surface area contributed by atoms with Crippen LogP contribution >= 0.6 is 15.9 Å². The molecule has 3 N–H and O–H groups in total. The van der Waals surface area contributed by atoms with Crippen LogP contribution in [0.25, 0.3) is 0 Å². The molecule has 0 bridgehead atoms. The lowest BCUT2D eigenvalue weighted by Crippen LogP contribution is -2.43. The maximum atomic E-state index is 12.0. The van der Waals surface area contributed by atoms with E-state index in [4.69, 9.17) is 5.73 Å². The van der Waals surface area contributed by atoms with E-state index >= 15 is 0 Å². The first kappa shape index (κ1) is 15.0. The number of nitrogens with one attached hydrogen (secondary N) is 1. The molecule has 1 saturated carbocycles. The molecule has 21 heavy (non-hydrogen) atoms. The first-order chi connectivity index (χ1) is 10.0. The largest absolute Gasteiger partial charge is 0.349 e. The summed E-state index contributed by atoms with van der Waals surface area (Å²) in [6.45, 7) is 1.91. The standard InChI is InChI=1S/C17H23BrN2O/c1-2-15(21)20-16-14-4-3-12(18)9-11(14)10-17(16)7-5-13(19)6-8-17/h3-4,9,13,16H,2,5-8,10,19H2,1H3,(H,20,21). The van der Waals surface area contributed by atoms with Crippen molar-refractivity contribution in [1.82, 2.24) is 5.32 Å². The lowest BCUT2D eigenvalue weighted by Gasteiger charge is -2.41. The summed E-state index contributed by atoms with van der Waals surface area (Å²) in [6.07, 6.45) is 5.94. The van der Waals surface area contributed by atoms with Crippen LogP contribution in [0.15, 0.2) is 22.7 Å². The number of amides is 1. The third kappa shape index (κ3) is 2.76. The molecule has 1 spiro atoms. The normalized spacial score (nSPS) is 31.2. The van der Waals surface area contributed by atoms with Crippen LogP contribution in [0.2, 0.25) is 0 Å². The minimum absolute atomic E-state index is 0.144. The zero-order chi connectivity index (χ0) is 15.0. The molecule has 1 unspecified atom stereocenters. The van der Waals surface area contributed by atoms with Crippen LogP contribution in [-0.4, -0.2) is 11.9 Å². The van der Waals surface area contributed by atoms with Gasteiger partial charge < -0.3 is 11.1 Å². The Kier molecular flexibility index (Phi) is 4.10. The highest BCUT2D eigenvalue weighted by Gasteiger charge is 2.47. The molecule has 1 amide bonds. The van der Waals surface area contributed by atoms with E-state index in [1.54, 1.807) is 0 Å². The molecule has 3 nitrogen and oxygen atoms in total. The number of fused-ring (bicyclic) bond motifs is 1. The van der Waals surface area contributed by atoms with Gasteiger partial charge in [0.25, 0.3) is 0 Å². The molecule has 0 heterocycles. The molecule has 0 aliphatic heterocycles. The van der Waals surface area contributed by atoms with Crippen molar-refractivity contribution in [2.24, 2.45) is 11.1 Å². The van der Waals surface area contributed by atoms with Crippen molar-refractivity contribution in [3.8, 4) is 0 Å². The first-order valence-corrected chi connectivity index (χ1v) is 8.66. The SMILES string of the molecule is CCC(=O)NC1c2ccc(Br)cc2CC12CCC(N)CC2. The molecule has 0 saturated heterocycles. The number of carbonyl (C=O) groups is 1. The quantitative estimate of drug-likeness (QED) is 0.857. The van der Waals surface area contributed by atoms with Crippen LogP contribution in [0.3, 0.4) is 0 Å². The van der Waals surface area contributed by atoms with Crippen LogP contribution in [-0.2, 0) is 11.2 Å². The van der Waals surface area contributed by atoms with Gasteiger partial charge in [-0.1, -0.05) is 28.9 Å². The predicted octanol–water partition coefficient (Wildman–Crippen LogP) is 3.46. The summed E-state index contributed by atoms with van der Waals surface area (Å²) in [5.41, 5.74) is 8.94. The summed E-state index contributed by atoms with van der Waals surface area (Å²) < 4.78 is 1.12. The molecular formula is C17H23BrN2O. The van der Waals surface area contributed by atoms with Crippen molar-refractivity contribution in [2.45, 2.75) is 57.5 Å². The number of benzene rings is 1. The third-order valence-electron chi connectivity index (χ3n) is 5.22. The van der Waals surface area contributed by atoms with E-state index in [0.29, 0.717) is 12.5 Å². The van der Waals surface area contributed by atoms with Crippen molar-refractivity contribution >= 4 is 21.8 Å². The minimum atomic E-state index is 0.144. The average Bonchev–Trinajstić information content (AvgIpc) is 2.75. The number of carbonyl (C=O) groups excluding carboxylic acids is 1. The molecule has 1 atom stereocenters. The second kappa shape index (κ2) is 5.73. The van der Waals surface area contributed by atoms with E-state index in [1.165, 1.54) is 11.1 Å². The van der Waals surface area contributed by atoms with Gasteiger partial charge in [0.05, 0.1) is 6.04 Å². The highest BCUT2D eigenvalue weighted by atomic mass is 79.9. The average molecular weight is 351 g/mol. The van der Waals surface area contributed by atoms with Gasteiger partial charge >= 0.3 is 0 Å². The Hall–Kier alpha value is -0.870. The molecule has 2 aliphatic carbocycles. The summed E-state index contributed by atoms with van der Waals surface area (Å²) in [6, 6.07) is 6.94. The fraction of sp³-hybridized carbons (Fsp3) is 0.588. The van der Waals surface area contributed by atoms with Crippen molar-refractivity contribution < 1.29 is 4.79 Å². The highest BCUT2D eigenvalue weighted by Crippen LogP contribution is 2.54. The molecule has 1 aromatic rings. The molecule has 3 rings (SSSR count). The van der Waals surface area contributed by atoms with Crippen molar-refractivity contribution in [2.75, 3.05) is 0 Å². The monoisotopic (exact) mass is 350 g/mol. The van der Waals surface area contributed by atoms with Crippen LogP contribution in [0, 0.1) is 5.41 Å². The van der Waals surface area contributed by atoms with Crippen LogP contribution in [0.1, 0.15) is 56.2 Å². The number of halogens is 1. The molecule has 1 fully saturated rings. The number of nitrogens with two attached hydrogens (primary N) is 1. The summed E-state index contributed by atoms with van der Waals surface area (Å²) >= 11 is 3.56. The fourth-order valence-corrected chi connectivity index (χ4v) is 4.40. The van der Waals surface area contributed by atoms with E-state index in [0.717, 1.165) is 36.6 Å². The molecule has 114 valence electrons. The molecule has 0 aromatic heterocycles. The van der Waals surface area contributed by atoms with Gasteiger partial charge in [0.2, 0.25) is 5.91 Å². The van der Waals surface area contributed by atoms with Crippen molar-refractivity contribution in [3.63, 3.8) is 0 Å². The van der Waals surface area contributed by atoms with Gasteiger partial charge in [0, 0.05) is 16.9 Å². The second-order valence-electron chi connectivity index (χ2n) is 6.57. The van der Waals surface area contributed by atoms with Crippen LogP contribution in [0.5, 0.6) is 0 Å². The van der Waals surface area contributed by atoms with Gasteiger partial charge in [-0.3, -0.25) is 4.79 Å². The zero-order valence-corrected chi connectivity index (χ0v) is 14.1. The second-order valence-corrected chi connectivity index (χ2v) is 7.49. The Balaban J connectivity index is 1.95. The fourth-order valence-electron chi connectivity index (χ4n) is 3.99. The Morgan fingerprint density at radius 3 is 2.81 bits per heavy atom. The Morgan fingerprint density at radius 1 is 1.43 bits per heavy atom. The molecular weight excluding hydrogens is 328 g/mol. The zero-order valence-electron chi connectivity index (χ0n) is 12.5. The Morgan fingerprint density at radius 2 is 2.14 bits per heavy atom. The van der Waals surface area contributed by atoms with E-state index in [-0.39, 0.29) is 17.4 Å². The summed E-state index contributed by atoms with van der Waals surface area (Å²) in [7, 11) is 0. The lowest BCUT2D eigenvalue weighted by atomic mass is 9.68. The van der Waals surface area contributed by atoms with Gasteiger partial charge in [0.15, 0.2) is 0 Å². The maximum Gasteiger partial charge on any atom is 0.220 e. The van der Waals surface area contributed by atoms with Crippen LogP contribution in [0.4, 0.5) is 0 Å². The Bertz CT molecular complexity index is 550. The van der Waals surface area contributed by atoms with E-state index in [2.05, 4.69) is 39.4 Å². The molecule has 0 radical (unpaired) electrons. The minimum Gasteiger partial charge on any atom is -0.349 e. The van der Waals surface area contributed by atoms with Gasteiger partial charge in [-0.05, 0) is 60.8 Å². The van der Waals surface area contributed by atoms with Gasteiger partial charge in [-0.25, -0.2) is 0 Å². The summed E-state index contributed by atoms with van der Waals surface area (Å²) in [5, 5.41) is 3.28. The highest BCUT2D eigenvalue weighted by molar-refractivity contribution is 9.10. The van der Waals surface area contributed by atoms with E-state index in [1.807, 2.05) is 6.92 Å². The number of hydrogen-bond acceptors (Lipinski definition) is 2. The molecule has 2 aliphatic rings. The number of rotatable bonds is 2. The number of hydrogen-bond donors (Lipinski definition) is 2. The van der Waals surface area contributed by atoms with Gasteiger partial charge in [-0.15, -0.1) is 0 Å². The predicted molar refractivity (Wildman–Crippen MR) is 87.9 cm³/mol. The van der Waals surface area contributed by atoms with Crippen molar-refractivity contribution in [3.05, 3.63) is 33.8 Å². The van der Waals surface area contributed by atoms with E-state index in [9.17, 15) is 4.79 Å². The molecule has 4 heteroatoms. The smallest absolute Gasteiger partial charge is 0.220 e. The Labute approximate surface area is 134 Å². The molecule has 1 aromatic carbocycles. The summed E-state index contributed by atoms with van der Waals surface area (Å²) in [4.78, 5) is 12.0. The topological polar surface area (TPSA) is 55.1 Å². The van der Waals surface area contributed by atoms with Crippen LogP contribution < -0.4 is 11.1 Å². The van der Waals surface area contributed by atoms with E-state index < -0.39 is 0 Å². The first-order valence-electron chi connectivity index (χ1n) is 7.87. The van der Waals surface area contributed by atoms with Gasteiger partial charge in [0.1, 0.15) is 0 Å². The third-order valence-corrected chi connectivity index (χ3v) is 5.72. The van der Waals surface area contributed by atoms with Gasteiger partial charge in [-0.2, -0.15) is 0 Å². The van der Waals surface area contributed by atoms with Crippen molar-refractivity contribution in [1.29, 1.82) is 0 Å². The maximum absolute atomic E-state index is 12.0.